The van der Waals surface area contributed by atoms with Gasteiger partial charge in [0.1, 0.15) is 0 Å². The molecule has 14 heavy (non-hydrogen) atoms. The SMILES string of the molecule is Cc1cccc2c1C(C(C)C)CCN2. The lowest BCUT2D eigenvalue weighted by atomic mass is 9.80. The van der Waals surface area contributed by atoms with Crippen molar-refractivity contribution in [3.8, 4) is 0 Å². The highest BCUT2D eigenvalue weighted by Crippen LogP contribution is 2.38. The minimum absolute atomic E-state index is 0.743. The van der Waals surface area contributed by atoms with Crippen LogP contribution in [0.4, 0.5) is 5.69 Å². The monoisotopic (exact) mass is 189 g/mol. The lowest BCUT2D eigenvalue weighted by Crippen LogP contribution is -2.21. The Labute approximate surface area is 86.5 Å². The summed E-state index contributed by atoms with van der Waals surface area (Å²) in [6.45, 7) is 8.00. The van der Waals surface area contributed by atoms with Crippen LogP contribution in [0.15, 0.2) is 18.2 Å². The number of aryl methyl sites for hydroxylation is 1. The van der Waals surface area contributed by atoms with Crippen LogP contribution in [0.2, 0.25) is 0 Å². The summed E-state index contributed by atoms with van der Waals surface area (Å²) < 4.78 is 0. The van der Waals surface area contributed by atoms with Crippen molar-refractivity contribution in [2.45, 2.75) is 33.1 Å². The molecule has 0 amide bonds. The maximum atomic E-state index is 3.49. The zero-order chi connectivity index (χ0) is 10.1. The zero-order valence-corrected chi connectivity index (χ0v) is 9.30. The summed E-state index contributed by atoms with van der Waals surface area (Å²) in [6.07, 6.45) is 1.27. The van der Waals surface area contributed by atoms with Gasteiger partial charge in [0.15, 0.2) is 0 Å². The Morgan fingerprint density at radius 2 is 2.14 bits per heavy atom. The fraction of sp³-hybridized carbons (Fsp3) is 0.538. The highest BCUT2D eigenvalue weighted by molar-refractivity contribution is 5.58. The van der Waals surface area contributed by atoms with Crippen molar-refractivity contribution in [1.82, 2.24) is 0 Å². The molecule has 1 aliphatic heterocycles. The van der Waals surface area contributed by atoms with E-state index >= 15 is 0 Å². The van der Waals surface area contributed by atoms with Crippen LogP contribution >= 0.6 is 0 Å². The van der Waals surface area contributed by atoms with Crippen LogP contribution in [0.5, 0.6) is 0 Å². The Morgan fingerprint density at radius 3 is 2.86 bits per heavy atom. The van der Waals surface area contributed by atoms with Gasteiger partial charge in [0.25, 0.3) is 0 Å². The molecular weight excluding hydrogens is 170 g/mol. The fourth-order valence-corrected chi connectivity index (χ4v) is 2.50. The second-order valence-corrected chi connectivity index (χ2v) is 4.60. The van der Waals surface area contributed by atoms with Crippen LogP contribution < -0.4 is 5.32 Å². The van der Waals surface area contributed by atoms with Crippen LogP contribution in [-0.2, 0) is 0 Å². The molecule has 2 rings (SSSR count). The average Bonchev–Trinajstić information content (AvgIpc) is 2.17. The van der Waals surface area contributed by atoms with E-state index < -0.39 is 0 Å². The number of benzene rings is 1. The van der Waals surface area contributed by atoms with Gasteiger partial charge in [0.05, 0.1) is 0 Å². The van der Waals surface area contributed by atoms with E-state index in [2.05, 4.69) is 44.3 Å². The van der Waals surface area contributed by atoms with Crippen LogP contribution in [-0.4, -0.2) is 6.54 Å². The molecule has 1 unspecified atom stereocenters. The molecular formula is C13H19N. The maximum absolute atomic E-state index is 3.49. The van der Waals surface area contributed by atoms with Crippen molar-refractivity contribution in [2.75, 3.05) is 11.9 Å². The molecule has 1 aromatic rings. The molecule has 0 fully saturated rings. The molecule has 0 aromatic heterocycles. The first-order valence-electron chi connectivity index (χ1n) is 5.53. The van der Waals surface area contributed by atoms with Crippen molar-refractivity contribution in [1.29, 1.82) is 0 Å². The van der Waals surface area contributed by atoms with E-state index in [1.165, 1.54) is 17.7 Å². The van der Waals surface area contributed by atoms with E-state index in [0.29, 0.717) is 0 Å². The van der Waals surface area contributed by atoms with Gasteiger partial charge in [-0.1, -0.05) is 26.0 Å². The van der Waals surface area contributed by atoms with Gasteiger partial charge in [0, 0.05) is 12.2 Å². The van der Waals surface area contributed by atoms with Crippen LogP contribution in [0.25, 0.3) is 0 Å². The lowest BCUT2D eigenvalue weighted by molar-refractivity contribution is 0.467. The first-order valence-corrected chi connectivity index (χ1v) is 5.53. The van der Waals surface area contributed by atoms with E-state index in [0.717, 1.165) is 18.4 Å². The van der Waals surface area contributed by atoms with Gasteiger partial charge >= 0.3 is 0 Å². The fourth-order valence-electron chi connectivity index (χ4n) is 2.50. The first kappa shape index (κ1) is 9.57. The lowest BCUT2D eigenvalue weighted by Gasteiger charge is -2.31. The van der Waals surface area contributed by atoms with E-state index in [4.69, 9.17) is 0 Å². The minimum atomic E-state index is 0.743. The van der Waals surface area contributed by atoms with Crippen LogP contribution in [0.1, 0.15) is 37.3 Å². The van der Waals surface area contributed by atoms with Crippen molar-refractivity contribution in [3.05, 3.63) is 29.3 Å². The Hall–Kier alpha value is -0.980. The Bertz CT molecular complexity index is 328. The van der Waals surface area contributed by atoms with Crippen LogP contribution in [0, 0.1) is 12.8 Å². The Morgan fingerprint density at radius 1 is 1.36 bits per heavy atom. The van der Waals surface area contributed by atoms with E-state index in [-0.39, 0.29) is 0 Å². The standard InChI is InChI=1S/C13H19N/c1-9(2)11-7-8-14-12-6-4-5-10(3)13(11)12/h4-6,9,11,14H,7-8H2,1-3H3. The number of hydrogen-bond donors (Lipinski definition) is 1. The molecule has 0 spiro atoms. The third-order valence-corrected chi connectivity index (χ3v) is 3.27. The number of hydrogen-bond acceptors (Lipinski definition) is 1. The molecule has 1 heteroatoms. The third kappa shape index (κ3) is 1.52. The minimum Gasteiger partial charge on any atom is -0.385 e. The Balaban J connectivity index is 2.47. The predicted octanol–water partition coefficient (Wildman–Crippen LogP) is 3.55. The number of rotatable bonds is 1. The summed E-state index contributed by atoms with van der Waals surface area (Å²) in [6, 6.07) is 6.57. The molecule has 0 bridgehead atoms. The molecule has 0 radical (unpaired) electrons. The first-order chi connectivity index (χ1) is 6.70. The molecule has 0 saturated heterocycles. The summed E-state index contributed by atoms with van der Waals surface area (Å²) in [7, 11) is 0. The topological polar surface area (TPSA) is 12.0 Å². The number of nitrogens with one attached hydrogen (secondary N) is 1. The normalized spacial score (nSPS) is 20.4. The van der Waals surface area contributed by atoms with Crippen molar-refractivity contribution < 1.29 is 0 Å². The smallest absolute Gasteiger partial charge is 0.0378 e. The summed E-state index contributed by atoms with van der Waals surface area (Å²) in [5, 5.41) is 3.49. The summed E-state index contributed by atoms with van der Waals surface area (Å²) in [4.78, 5) is 0. The summed E-state index contributed by atoms with van der Waals surface area (Å²) in [5.41, 5.74) is 4.34. The quantitative estimate of drug-likeness (QED) is 0.712. The average molecular weight is 189 g/mol. The second kappa shape index (κ2) is 3.64. The molecule has 0 saturated carbocycles. The molecule has 1 heterocycles. The largest absolute Gasteiger partial charge is 0.385 e. The van der Waals surface area contributed by atoms with E-state index in [1.54, 1.807) is 5.56 Å². The van der Waals surface area contributed by atoms with E-state index in [9.17, 15) is 0 Å². The Kier molecular flexibility index (Phi) is 2.49. The van der Waals surface area contributed by atoms with Gasteiger partial charge in [-0.15, -0.1) is 0 Å². The van der Waals surface area contributed by atoms with Gasteiger partial charge < -0.3 is 5.32 Å². The number of anilines is 1. The third-order valence-electron chi connectivity index (χ3n) is 3.27. The highest BCUT2D eigenvalue weighted by atomic mass is 14.9. The van der Waals surface area contributed by atoms with Gasteiger partial charge in [-0.25, -0.2) is 0 Å². The summed E-state index contributed by atoms with van der Waals surface area (Å²) >= 11 is 0. The van der Waals surface area contributed by atoms with Gasteiger partial charge in [-0.2, -0.15) is 0 Å². The molecule has 1 atom stereocenters. The van der Waals surface area contributed by atoms with Gasteiger partial charge in [-0.05, 0) is 42.4 Å². The zero-order valence-electron chi connectivity index (χ0n) is 9.30. The number of fused-ring (bicyclic) bond motifs is 1. The van der Waals surface area contributed by atoms with Crippen LogP contribution in [0.3, 0.4) is 0 Å². The molecule has 76 valence electrons. The molecule has 1 aliphatic rings. The highest BCUT2D eigenvalue weighted by Gasteiger charge is 2.23. The van der Waals surface area contributed by atoms with Gasteiger partial charge in [-0.3, -0.25) is 0 Å². The van der Waals surface area contributed by atoms with Crippen molar-refractivity contribution >= 4 is 5.69 Å². The van der Waals surface area contributed by atoms with Gasteiger partial charge in [0.2, 0.25) is 0 Å². The van der Waals surface area contributed by atoms with Crippen molar-refractivity contribution in [3.63, 3.8) is 0 Å². The molecule has 0 aliphatic carbocycles. The predicted molar refractivity (Wildman–Crippen MR) is 61.9 cm³/mol. The molecule has 1 N–H and O–H groups in total. The van der Waals surface area contributed by atoms with E-state index in [1.807, 2.05) is 0 Å². The maximum Gasteiger partial charge on any atom is 0.0378 e. The second-order valence-electron chi connectivity index (χ2n) is 4.60. The molecule has 1 aromatic carbocycles. The summed E-state index contributed by atoms with van der Waals surface area (Å²) in [5.74, 6) is 1.49. The molecule has 1 nitrogen and oxygen atoms in total. The van der Waals surface area contributed by atoms with Crippen molar-refractivity contribution in [2.24, 2.45) is 5.92 Å².